The van der Waals surface area contributed by atoms with E-state index in [0.29, 0.717) is 5.69 Å². The number of sulfonamides is 1. The molecule has 3 aromatic rings. The molecule has 0 atom stereocenters. The van der Waals surface area contributed by atoms with Gasteiger partial charge in [0.2, 0.25) is 0 Å². The highest BCUT2D eigenvalue weighted by Gasteiger charge is 2.28. The zero-order valence-corrected chi connectivity index (χ0v) is 20.5. The number of nitrogens with one attached hydrogen (secondary N) is 1. The Hall–Kier alpha value is -3.65. The van der Waals surface area contributed by atoms with E-state index in [-0.39, 0.29) is 11.0 Å². The predicted molar refractivity (Wildman–Crippen MR) is 135 cm³/mol. The number of carbonyl (C=O) groups is 1. The largest absolute Gasteiger partial charge is 0.491 e. The number of amides is 1. The SMILES string of the molecule is Cc1cccc(N(CC(=O)N/N=C\c2ccc(OC(C)C)cc2)S(=O)(=O)c2ccccc2)c1C. The molecule has 3 aromatic carbocycles. The molecule has 1 N–H and O–H groups in total. The van der Waals surface area contributed by atoms with Crippen LogP contribution in [0.15, 0.2) is 82.8 Å². The Bertz CT molecular complexity index is 1250. The van der Waals surface area contributed by atoms with E-state index in [9.17, 15) is 13.2 Å². The van der Waals surface area contributed by atoms with Crippen LogP contribution in [0.1, 0.15) is 30.5 Å². The maximum Gasteiger partial charge on any atom is 0.264 e. The monoisotopic (exact) mass is 479 g/mol. The van der Waals surface area contributed by atoms with Gasteiger partial charge in [0, 0.05) is 0 Å². The van der Waals surface area contributed by atoms with Gasteiger partial charge < -0.3 is 4.74 Å². The van der Waals surface area contributed by atoms with Gasteiger partial charge >= 0.3 is 0 Å². The lowest BCUT2D eigenvalue weighted by atomic mass is 10.1. The summed E-state index contributed by atoms with van der Waals surface area (Å²) >= 11 is 0. The Morgan fingerprint density at radius 1 is 1.00 bits per heavy atom. The van der Waals surface area contributed by atoms with Crippen LogP contribution in [-0.4, -0.2) is 33.2 Å². The molecule has 8 heteroatoms. The molecule has 0 aliphatic carbocycles. The highest BCUT2D eigenvalue weighted by molar-refractivity contribution is 7.92. The van der Waals surface area contributed by atoms with E-state index >= 15 is 0 Å². The zero-order chi connectivity index (χ0) is 24.7. The summed E-state index contributed by atoms with van der Waals surface area (Å²) in [5.74, 6) is 0.183. The third-order valence-corrected chi connectivity index (χ3v) is 6.89. The summed E-state index contributed by atoms with van der Waals surface area (Å²) in [6.07, 6.45) is 1.57. The van der Waals surface area contributed by atoms with E-state index in [1.165, 1.54) is 18.3 Å². The minimum atomic E-state index is -3.97. The molecular formula is C26H29N3O4S. The van der Waals surface area contributed by atoms with Crippen molar-refractivity contribution < 1.29 is 17.9 Å². The number of hydrazone groups is 1. The molecule has 1 amide bonds. The summed E-state index contributed by atoms with van der Waals surface area (Å²) < 4.78 is 33.6. The van der Waals surface area contributed by atoms with E-state index < -0.39 is 22.5 Å². The maximum absolute atomic E-state index is 13.4. The van der Waals surface area contributed by atoms with Gasteiger partial charge in [0.25, 0.3) is 15.9 Å². The molecule has 0 heterocycles. The first-order valence-electron chi connectivity index (χ1n) is 10.9. The van der Waals surface area contributed by atoms with Crippen LogP contribution in [-0.2, 0) is 14.8 Å². The van der Waals surface area contributed by atoms with E-state index in [2.05, 4.69) is 10.5 Å². The van der Waals surface area contributed by atoms with Gasteiger partial charge in [-0.25, -0.2) is 13.8 Å². The van der Waals surface area contributed by atoms with Gasteiger partial charge in [-0.3, -0.25) is 9.10 Å². The van der Waals surface area contributed by atoms with E-state index in [1.807, 2.05) is 58.0 Å². The molecule has 0 saturated heterocycles. The molecule has 0 aliphatic rings. The van der Waals surface area contributed by atoms with Gasteiger partial charge in [-0.2, -0.15) is 5.10 Å². The highest BCUT2D eigenvalue weighted by Crippen LogP contribution is 2.28. The Labute approximate surface area is 201 Å². The number of anilines is 1. The Morgan fingerprint density at radius 3 is 2.32 bits per heavy atom. The second-order valence-corrected chi connectivity index (χ2v) is 9.93. The normalized spacial score (nSPS) is 11.6. The van der Waals surface area contributed by atoms with Crippen molar-refractivity contribution in [3.8, 4) is 5.75 Å². The number of hydrogen-bond acceptors (Lipinski definition) is 5. The molecule has 0 bridgehead atoms. The van der Waals surface area contributed by atoms with Crippen molar-refractivity contribution in [2.75, 3.05) is 10.8 Å². The van der Waals surface area contributed by atoms with Crippen molar-refractivity contribution in [2.45, 2.75) is 38.7 Å². The van der Waals surface area contributed by atoms with E-state index in [0.717, 1.165) is 26.7 Å². The van der Waals surface area contributed by atoms with Crippen LogP contribution in [0, 0.1) is 13.8 Å². The van der Waals surface area contributed by atoms with Crippen LogP contribution in [0.25, 0.3) is 0 Å². The minimum Gasteiger partial charge on any atom is -0.491 e. The molecule has 0 unspecified atom stereocenters. The summed E-state index contributed by atoms with van der Waals surface area (Å²) in [5, 5.41) is 3.99. The maximum atomic E-state index is 13.4. The van der Waals surface area contributed by atoms with Gasteiger partial charge in [-0.05, 0) is 86.8 Å². The van der Waals surface area contributed by atoms with Crippen LogP contribution in [0.2, 0.25) is 0 Å². The summed E-state index contributed by atoms with van der Waals surface area (Å²) in [7, 11) is -3.97. The molecule has 0 radical (unpaired) electrons. The van der Waals surface area contributed by atoms with Crippen LogP contribution in [0.3, 0.4) is 0 Å². The van der Waals surface area contributed by atoms with Crippen molar-refractivity contribution in [1.29, 1.82) is 0 Å². The van der Waals surface area contributed by atoms with Crippen LogP contribution >= 0.6 is 0 Å². The Kier molecular flexibility index (Phi) is 8.07. The van der Waals surface area contributed by atoms with E-state index in [1.54, 1.807) is 30.3 Å². The van der Waals surface area contributed by atoms with Crippen LogP contribution < -0.4 is 14.5 Å². The molecule has 0 saturated carbocycles. The Morgan fingerprint density at radius 2 is 1.68 bits per heavy atom. The first-order chi connectivity index (χ1) is 16.2. The third-order valence-electron chi connectivity index (χ3n) is 5.12. The quantitative estimate of drug-likeness (QED) is 0.363. The lowest BCUT2D eigenvalue weighted by molar-refractivity contribution is -0.119. The van der Waals surface area contributed by atoms with Crippen molar-refractivity contribution in [3.63, 3.8) is 0 Å². The minimum absolute atomic E-state index is 0.0750. The molecule has 7 nitrogen and oxygen atoms in total. The van der Waals surface area contributed by atoms with E-state index in [4.69, 9.17) is 4.74 Å². The summed E-state index contributed by atoms with van der Waals surface area (Å²) in [6, 6.07) is 20.7. The number of hydrogen-bond donors (Lipinski definition) is 1. The van der Waals surface area contributed by atoms with Gasteiger partial charge in [-0.15, -0.1) is 0 Å². The number of benzene rings is 3. The third kappa shape index (κ3) is 6.23. The topological polar surface area (TPSA) is 88.1 Å². The molecule has 34 heavy (non-hydrogen) atoms. The number of carbonyl (C=O) groups excluding carboxylic acids is 1. The fourth-order valence-corrected chi connectivity index (χ4v) is 4.77. The van der Waals surface area contributed by atoms with Gasteiger partial charge in [-0.1, -0.05) is 30.3 Å². The zero-order valence-electron chi connectivity index (χ0n) is 19.7. The first-order valence-corrected chi connectivity index (χ1v) is 12.3. The molecule has 178 valence electrons. The fourth-order valence-electron chi connectivity index (χ4n) is 3.27. The van der Waals surface area contributed by atoms with Crippen molar-refractivity contribution in [3.05, 3.63) is 89.5 Å². The molecule has 0 aliphatic heterocycles. The molecule has 0 aromatic heterocycles. The first kappa shape index (κ1) is 25.0. The molecule has 3 rings (SSSR count). The molecule has 0 spiro atoms. The fraction of sp³-hybridized carbons (Fsp3) is 0.231. The number of nitrogens with zero attached hydrogens (tertiary/aromatic N) is 2. The highest BCUT2D eigenvalue weighted by atomic mass is 32.2. The van der Waals surface area contributed by atoms with Gasteiger partial charge in [0.1, 0.15) is 12.3 Å². The second kappa shape index (κ2) is 11.0. The number of aryl methyl sites for hydroxylation is 1. The predicted octanol–water partition coefficient (Wildman–Crippen LogP) is 4.44. The lowest BCUT2D eigenvalue weighted by Crippen LogP contribution is -2.40. The van der Waals surface area contributed by atoms with Crippen molar-refractivity contribution in [1.82, 2.24) is 5.43 Å². The molecular weight excluding hydrogens is 450 g/mol. The van der Waals surface area contributed by atoms with Crippen molar-refractivity contribution in [2.24, 2.45) is 5.10 Å². The Balaban J connectivity index is 1.79. The van der Waals surface area contributed by atoms with Crippen molar-refractivity contribution >= 4 is 27.8 Å². The van der Waals surface area contributed by atoms with Crippen LogP contribution in [0.4, 0.5) is 5.69 Å². The second-order valence-electron chi connectivity index (χ2n) is 8.07. The average molecular weight is 480 g/mol. The van der Waals surface area contributed by atoms with Crippen LogP contribution in [0.5, 0.6) is 5.75 Å². The lowest BCUT2D eigenvalue weighted by Gasteiger charge is -2.26. The summed E-state index contributed by atoms with van der Waals surface area (Å²) in [5.41, 5.74) is 5.35. The summed E-state index contributed by atoms with van der Waals surface area (Å²) in [4.78, 5) is 12.8. The number of rotatable bonds is 9. The summed E-state index contributed by atoms with van der Waals surface area (Å²) in [6.45, 7) is 7.21. The number of ether oxygens (including phenoxy) is 1. The van der Waals surface area contributed by atoms with Gasteiger partial charge in [0.05, 0.1) is 22.9 Å². The standard InChI is InChI=1S/C26H29N3O4S/c1-19(2)33-23-15-13-22(14-16-23)17-27-28-26(30)18-29(25-12-8-9-20(3)21(25)4)34(31,32)24-10-6-5-7-11-24/h5-17,19H,18H2,1-4H3,(H,28,30)/b27-17-. The average Bonchev–Trinajstić information content (AvgIpc) is 2.81. The smallest absolute Gasteiger partial charge is 0.264 e. The van der Waals surface area contributed by atoms with Gasteiger partial charge in [0.15, 0.2) is 0 Å². The molecule has 0 fully saturated rings.